The normalized spacial score (nSPS) is 12.6. The van der Waals surface area contributed by atoms with E-state index in [0.29, 0.717) is 0 Å². The molecule has 0 spiro atoms. The van der Waals surface area contributed by atoms with Crippen LogP contribution in [0.5, 0.6) is 11.5 Å². The van der Waals surface area contributed by atoms with Crippen LogP contribution in [0, 0.1) is 13.6 Å². The van der Waals surface area contributed by atoms with Crippen molar-refractivity contribution in [2.75, 3.05) is 0 Å². The van der Waals surface area contributed by atoms with E-state index in [0.717, 1.165) is 11.5 Å². The van der Waals surface area contributed by atoms with Crippen LogP contribution < -0.4 is 15.1 Å². The molecule has 0 saturated carbocycles. The molecular formula is C27H32O2RuSi2. The second kappa shape index (κ2) is 12.5. The summed E-state index contributed by atoms with van der Waals surface area (Å²) in [6.07, 6.45) is 0. The van der Waals surface area contributed by atoms with E-state index >= 15 is 0 Å². The van der Waals surface area contributed by atoms with Crippen molar-refractivity contribution in [1.82, 2.24) is 0 Å². The molecule has 32 heavy (non-hydrogen) atoms. The third kappa shape index (κ3) is 6.19. The van der Waals surface area contributed by atoms with Crippen LogP contribution in [0.15, 0.2) is 66.7 Å². The van der Waals surface area contributed by atoms with Gasteiger partial charge in [-0.3, -0.25) is 0 Å². The average molecular weight is 546 g/mol. The molecule has 0 aromatic heterocycles. The zero-order chi connectivity index (χ0) is 23.2. The van der Waals surface area contributed by atoms with E-state index < -0.39 is 17.6 Å². The molecule has 0 amide bonds. The molecule has 1 aliphatic heterocycles. The number of hydrogen-bond donors (Lipinski definition) is 0. The Morgan fingerprint density at radius 2 is 1.09 bits per heavy atom. The van der Waals surface area contributed by atoms with Crippen molar-refractivity contribution in [3.05, 3.63) is 90.1 Å². The minimum atomic E-state index is -0.553. The zero-order valence-corrected chi connectivity index (χ0v) is 23.8. The Labute approximate surface area is 210 Å². The molecule has 3 aromatic carbocycles. The number of ether oxygens (including phenoxy) is 1. The molecule has 0 atom stereocenters. The largest absolute Gasteiger partial charge is 0 e. The minimum absolute atomic E-state index is 0. The maximum atomic E-state index is 7.50. The first-order valence-electron chi connectivity index (χ1n) is 10.5. The first-order chi connectivity index (χ1) is 14.7. The Morgan fingerprint density at radius 1 is 0.688 bits per heavy atom. The first kappa shape index (κ1) is 28.3. The summed E-state index contributed by atoms with van der Waals surface area (Å²) in [6.45, 7) is 20.6. The SMILES string of the molecule is C[Si](C)c1cccc2c1Oc1c([Si](C)C)cccc1C2(C)C.Cc1ccccc1.[C-]#[O+].[Ru]. The maximum Gasteiger partial charge on any atom is 0 e. The van der Waals surface area contributed by atoms with Crippen molar-refractivity contribution >= 4 is 28.0 Å². The molecule has 0 unspecified atom stereocenters. The van der Waals surface area contributed by atoms with Gasteiger partial charge in [-0.1, -0.05) is 112 Å². The van der Waals surface area contributed by atoms with Crippen molar-refractivity contribution in [2.24, 2.45) is 0 Å². The number of benzene rings is 3. The van der Waals surface area contributed by atoms with E-state index in [1.54, 1.807) is 0 Å². The fourth-order valence-corrected chi connectivity index (χ4v) is 5.99. The predicted molar refractivity (Wildman–Crippen MR) is 134 cm³/mol. The van der Waals surface area contributed by atoms with Crippen LogP contribution in [0.4, 0.5) is 0 Å². The summed E-state index contributed by atoms with van der Waals surface area (Å²) in [5.41, 5.74) is 4.00. The van der Waals surface area contributed by atoms with Crippen molar-refractivity contribution in [3.63, 3.8) is 0 Å². The molecule has 0 N–H and O–H groups in total. The monoisotopic (exact) mass is 546 g/mol. The molecule has 1 aliphatic rings. The molecule has 168 valence electrons. The van der Waals surface area contributed by atoms with Crippen LogP contribution in [-0.2, 0) is 29.5 Å². The third-order valence-electron chi connectivity index (χ3n) is 5.60. The Bertz CT molecular complexity index is 969. The van der Waals surface area contributed by atoms with Gasteiger partial charge in [-0.05, 0) is 17.3 Å². The van der Waals surface area contributed by atoms with Gasteiger partial charge in [-0.25, -0.2) is 0 Å². The van der Waals surface area contributed by atoms with Crippen molar-refractivity contribution in [2.45, 2.75) is 52.4 Å². The van der Waals surface area contributed by atoms with Gasteiger partial charge in [0.05, 0.1) is 17.6 Å². The fourth-order valence-electron chi connectivity index (χ4n) is 3.85. The number of rotatable bonds is 2. The molecule has 4 rings (SSSR count). The van der Waals surface area contributed by atoms with Crippen LogP contribution >= 0.6 is 0 Å². The van der Waals surface area contributed by atoms with Crippen LogP contribution in [-0.4, -0.2) is 17.6 Å². The van der Waals surface area contributed by atoms with Gasteiger partial charge in [-0.2, -0.15) is 0 Å². The zero-order valence-electron chi connectivity index (χ0n) is 20.0. The van der Waals surface area contributed by atoms with Crippen LogP contribution in [0.1, 0.15) is 30.5 Å². The van der Waals surface area contributed by atoms with Gasteiger partial charge in [-0.15, -0.1) is 0 Å². The van der Waals surface area contributed by atoms with E-state index in [4.69, 9.17) is 9.39 Å². The van der Waals surface area contributed by atoms with Crippen molar-refractivity contribution < 1.29 is 28.9 Å². The number of fused-ring (bicyclic) bond motifs is 2. The van der Waals surface area contributed by atoms with Gasteiger partial charge < -0.3 is 4.74 Å². The quantitative estimate of drug-likeness (QED) is 0.221. The molecule has 0 saturated heterocycles. The summed E-state index contributed by atoms with van der Waals surface area (Å²) >= 11 is 0. The summed E-state index contributed by atoms with van der Waals surface area (Å²) in [4.78, 5) is 0. The molecule has 0 bridgehead atoms. The molecule has 0 aliphatic carbocycles. The Hall–Kier alpha value is -1.74. The Balaban J connectivity index is 0.000000434. The van der Waals surface area contributed by atoms with Gasteiger partial charge in [0, 0.05) is 36.0 Å². The van der Waals surface area contributed by atoms with Gasteiger partial charge in [0.15, 0.2) is 0 Å². The molecule has 3 aromatic rings. The van der Waals surface area contributed by atoms with Crippen LogP contribution in [0.3, 0.4) is 0 Å². The van der Waals surface area contributed by atoms with E-state index in [2.05, 4.69) is 102 Å². The van der Waals surface area contributed by atoms with E-state index in [1.165, 1.54) is 27.1 Å². The molecule has 1 heterocycles. The second-order valence-electron chi connectivity index (χ2n) is 8.75. The summed E-state index contributed by atoms with van der Waals surface area (Å²) in [5.74, 6) is 2.27. The Kier molecular flexibility index (Phi) is 11.0. The van der Waals surface area contributed by atoms with Crippen LogP contribution in [0.2, 0.25) is 26.2 Å². The van der Waals surface area contributed by atoms with Gasteiger partial charge in [0.25, 0.3) is 0 Å². The minimum Gasteiger partial charge on any atom is 0 e. The second-order valence-corrected chi connectivity index (χ2v) is 13.8. The fraction of sp³-hybridized carbons (Fsp3) is 0.296. The number of para-hydroxylation sites is 2. The summed E-state index contributed by atoms with van der Waals surface area (Å²) in [5, 5.41) is 2.83. The number of aryl methyl sites for hydroxylation is 1. The maximum absolute atomic E-state index is 7.50. The van der Waals surface area contributed by atoms with Crippen molar-refractivity contribution in [1.29, 1.82) is 0 Å². The standard InChI is InChI=1S/C19H24OSi2.C7H8.CO.Ru/c1-19(2)13-9-7-11-15(21(3)4)17(13)20-18-14(19)10-8-12-16(18)22(5)6;1-7-5-3-2-4-6-7;1-2;/h7-12H,1-6H3;2-6H,1H3;;. The molecule has 2 radical (unpaired) electrons. The van der Waals surface area contributed by atoms with Crippen LogP contribution in [0.25, 0.3) is 0 Å². The third-order valence-corrected chi connectivity index (χ3v) is 8.54. The molecule has 2 nitrogen and oxygen atoms in total. The summed E-state index contributed by atoms with van der Waals surface area (Å²) < 4.78 is 14.0. The predicted octanol–water partition coefficient (Wildman–Crippen LogP) is 6.00. The van der Waals surface area contributed by atoms with Gasteiger partial charge in [0.2, 0.25) is 0 Å². The summed E-state index contributed by atoms with van der Waals surface area (Å²) in [7, 11) is -1.11. The smallest absolute Gasteiger partial charge is 0 e. The first-order valence-corrected chi connectivity index (χ1v) is 15.5. The van der Waals surface area contributed by atoms with Gasteiger partial charge in [0.1, 0.15) is 11.5 Å². The van der Waals surface area contributed by atoms with E-state index in [1.807, 2.05) is 18.2 Å². The number of hydrogen-bond acceptors (Lipinski definition) is 1. The van der Waals surface area contributed by atoms with E-state index in [-0.39, 0.29) is 24.9 Å². The van der Waals surface area contributed by atoms with Crippen molar-refractivity contribution in [3.8, 4) is 11.5 Å². The average Bonchev–Trinajstić information content (AvgIpc) is 2.75. The van der Waals surface area contributed by atoms with E-state index in [9.17, 15) is 0 Å². The molecule has 5 heteroatoms. The summed E-state index contributed by atoms with van der Waals surface area (Å²) in [6, 6.07) is 23.6. The molecule has 0 fully saturated rings. The Morgan fingerprint density at radius 3 is 1.41 bits per heavy atom. The topological polar surface area (TPSA) is 29.1 Å². The molecular weight excluding hydrogens is 514 g/mol. The van der Waals surface area contributed by atoms with Gasteiger partial charge >= 0.3 is 11.3 Å².